The van der Waals surface area contributed by atoms with E-state index in [1.807, 2.05) is 0 Å². The summed E-state index contributed by atoms with van der Waals surface area (Å²) in [5.74, 6) is -3.40. The molecule has 1 saturated carbocycles. The van der Waals surface area contributed by atoms with Gasteiger partial charge in [0.2, 0.25) is 0 Å². The lowest BCUT2D eigenvalue weighted by Crippen LogP contribution is -2.74. The first-order chi connectivity index (χ1) is 12.1. The Balaban J connectivity index is -0.00000225. The average Bonchev–Trinajstić information content (AvgIpc) is 2.53. The first-order valence-corrected chi connectivity index (χ1v) is 8.05. The lowest BCUT2D eigenvalue weighted by Gasteiger charge is -2.47. The van der Waals surface area contributed by atoms with Gasteiger partial charge in [0.1, 0.15) is 0 Å². The summed E-state index contributed by atoms with van der Waals surface area (Å²) in [6.07, 6.45) is -4.74. The molecular weight excluding hydrogens is 461 g/mol. The highest BCUT2D eigenvalue weighted by atomic mass is 35.5. The van der Waals surface area contributed by atoms with Crippen molar-refractivity contribution >= 4 is 55.1 Å². The number of aliphatic hydroxyl groups is 3. The zero-order chi connectivity index (χ0) is 19.9. The Morgan fingerprint density at radius 2 is 0.897 bits per heavy atom. The van der Waals surface area contributed by atoms with Crippen LogP contribution in [0.15, 0.2) is 0 Å². The second-order valence-electron chi connectivity index (χ2n) is 6.02. The number of nitrogens with one attached hydrogen (secondary N) is 3. The van der Waals surface area contributed by atoms with Crippen LogP contribution in [0.1, 0.15) is 12.8 Å². The summed E-state index contributed by atoms with van der Waals surface area (Å²) in [7, 11) is 0. The van der Waals surface area contributed by atoms with E-state index >= 15 is 0 Å². The van der Waals surface area contributed by atoms with Crippen LogP contribution in [-0.2, 0) is 14.4 Å². The Morgan fingerprint density at radius 3 is 1.17 bits per heavy atom. The van der Waals surface area contributed by atoms with E-state index in [0.29, 0.717) is 0 Å². The first kappa shape index (κ1) is 32.7. The van der Waals surface area contributed by atoms with Crippen molar-refractivity contribution in [3.63, 3.8) is 0 Å². The monoisotopic (exact) mass is 487 g/mol. The number of halogens is 3. The molecule has 29 heavy (non-hydrogen) atoms. The van der Waals surface area contributed by atoms with Crippen LogP contribution in [0.2, 0.25) is 0 Å². The molecule has 0 amide bonds. The molecule has 0 saturated heterocycles. The van der Waals surface area contributed by atoms with Crippen molar-refractivity contribution in [1.82, 2.24) is 16.0 Å². The molecule has 1 fully saturated rings. The molecule has 0 spiro atoms. The van der Waals surface area contributed by atoms with E-state index in [2.05, 4.69) is 16.0 Å². The summed E-state index contributed by atoms with van der Waals surface area (Å²) in [5.41, 5.74) is 0. The first-order valence-electron chi connectivity index (χ1n) is 8.05. The molecule has 174 valence electrons. The maximum atomic E-state index is 10.7. The minimum Gasteiger partial charge on any atom is -0.481 e. The third-order valence-electron chi connectivity index (χ3n) is 4.13. The van der Waals surface area contributed by atoms with Gasteiger partial charge in [-0.25, -0.2) is 0 Å². The van der Waals surface area contributed by atoms with E-state index in [1.54, 1.807) is 0 Å². The second-order valence-corrected chi connectivity index (χ2v) is 6.02. The van der Waals surface area contributed by atoms with Crippen LogP contribution in [0.25, 0.3) is 0 Å². The molecule has 0 bridgehead atoms. The van der Waals surface area contributed by atoms with Gasteiger partial charge in [0.05, 0.1) is 55.8 Å². The Labute approximate surface area is 185 Å². The van der Waals surface area contributed by atoms with E-state index in [1.165, 1.54) is 0 Å². The number of carboxylic acids is 3. The molecule has 1 aliphatic carbocycles. The molecular formula is C14H28Cl3N3O9. The van der Waals surface area contributed by atoms with Gasteiger partial charge in [0.15, 0.2) is 0 Å². The lowest BCUT2D eigenvalue weighted by atomic mass is 9.79. The van der Waals surface area contributed by atoms with Gasteiger partial charge in [0, 0.05) is 13.1 Å². The molecule has 1 aliphatic rings. The van der Waals surface area contributed by atoms with Gasteiger partial charge in [-0.1, -0.05) is 0 Å². The van der Waals surface area contributed by atoms with Crippen LogP contribution in [0, 0.1) is 0 Å². The maximum Gasteiger partial charge on any atom is 0.317 e. The van der Waals surface area contributed by atoms with E-state index in [0.717, 1.165) is 0 Å². The number of hydrogen-bond acceptors (Lipinski definition) is 9. The third kappa shape index (κ3) is 10.6. The number of carbonyl (C=O) groups is 3. The molecule has 0 heterocycles. The molecule has 6 atom stereocenters. The summed E-state index contributed by atoms with van der Waals surface area (Å²) in [5, 5.41) is 65.1. The van der Waals surface area contributed by atoms with E-state index < -0.39 is 60.9 Å². The van der Waals surface area contributed by atoms with Crippen LogP contribution in [0.4, 0.5) is 0 Å². The molecule has 15 heteroatoms. The van der Waals surface area contributed by atoms with Crippen molar-refractivity contribution in [3.05, 3.63) is 0 Å². The van der Waals surface area contributed by atoms with Gasteiger partial charge in [-0.2, -0.15) is 0 Å². The van der Waals surface area contributed by atoms with Crippen molar-refractivity contribution in [2.24, 2.45) is 0 Å². The van der Waals surface area contributed by atoms with Crippen LogP contribution >= 0.6 is 37.2 Å². The Hall–Kier alpha value is -0.960. The highest BCUT2D eigenvalue weighted by Crippen LogP contribution is 2.22. The van der Waals surface area contributed by atoms with Crippen LogP contribution in [-0.4, -0.2) is 105 Å². The molecule has 0 unspecified atom stereocenters. The zero-order valence-corrected chi connectivity index (χ0v) is 17.6. The minimum absolute atomic E-state index is 0. The van der Waals surface area contributed by atoms with Crippen LogP contribution in [0.3, 0.4) is 0 Å². The average molecular weight is 489 g/mol. The fourth-order valence-electron chi connectivity index (χ4n) is 2.90. The van der Waals surface area contributed by atoms with Gasteiger partial charge < -0.3 is 41.3 Å². The predicted octanol–water partition coefficient (Wildman–Crippen LogP) is -2.74. The van der Waals surface area contributed by atoms with E-state index in [9.17, 15) is 29.7 Å². The summed E-state index contributed by atoms with van der Waals surface area (Å²) in [6, 6.07) is -3.27. The summed E-state index contributed by atoms with van der Waals surface area (Å²) >= 11 is 0. The summed E-state index contributed by atoms with van der Waals surface area (Å²) < 4.78 is 0. The molecule has 1 rings (SSSR count). The molecule has 0 aromatic heterocycles. The Bertz CT molecular complexity index is 484. The largest absolute Gasteiger partial charge is 0.481 e. The number of aliphatic carboxylic acids is 3. The fourth-order valence-corrected chi connectivity index (χ4v) is 2.90. The SMILES string of the molecule is Cl.Cl.Cl.O=C(O)CCN[C@@H]1[C@H](O)[C@H](NCCC(=O)O)[C@H](O)[C@H](NCC(=O)O)[C@@H]1O. The highest BCUT2D eigenvalue weighted by molar-refractivity contribution is 5.86. The van der Waals surface area contributed by atoms with Crippen molar-refractivity contribution in [2.45, 2.75) is 49.3 Å². The summed E-state index contributed by atoms with van der Waals surface area (Å²) in [4.78, 5) is 32.0. The van der Waals surface area contributed by atoms with Crippen molar-refractivity contribution in [2.75, 3.05) is 19.6 Å². The van der Waals surface area contributed by atoms with Crippen LogP contribution in [0.5, 0.6) is 0 Å². The third-order valence-corrected chi connectivity index (χ3v) is 4.13. The van der Waals surface area contributed by atoms with Crippen molar-refractivity contribution in [1.29, 1.82) is 0 Å². The highest BCUT2D eigenvalue weighted by Gasteiger charge is 2.48. The zero-order valence-electron chi connectivity index (χ0n) is 15.1. The number of carboxylic acid groups (broad SMARTS) is 3. The number of rotatable bonds is 11. The van der Waals surface area contributed by atoms with Gasteiger partial charge in [-0.15, -0.1) is 37.2 Å². The number of hydrogen-bond donors (Lipinski definition) is 9. The predicted molar refractivity (Wildman–Crippen MR) is 107 cm³/mol. The Morgan fingerprint density at radius 1 is 0.586 bits per heavy atom. The van der Waals surface area contributed by atoms with Gasteiger partial charge >= 0.3 is 17.9 Å². The quantitative estimate of drug-likeness (QED) is 0.145. The summed E-state index contributed by atoms with van der Waals surface area (Å²) in [6.45, 7) is -0.700. The molecule has 0 aliphatic heterocycles. The Kier molecular flexibility index (Phi) is 17.8. The minimum atomic E-state index is -1.41. The maximum absolute atomic E-state index is 10.7. The van der Waals surface area contributed by atoms with E-state index in [4.69, 9.17) is 15.3 Å². The van der Waals surface area contributed by atoms with Gasteiger partial charge in [-0.3, -0.25) is 19.7 Å². The molecule has 0 aromatic carbocycles. The number of aliphatic hydroxyl groups excluding tert-OH is 3. The molecule has 0 radical (unpaired) electrons. The van der Waals surface area contributed by atoms with Gasteiger partial charge in [-0.05, 0) is 0 Å². The van der Waals surface area contributed by atoms with Crippen molar-refractivity contribution in [3.8, 4) is 0 Å². The topological polar surface area (TPSA) is 209 Å². The molecule has 12 nitrogen and oxygen atoms in total. The normalized spacial score (nSPS) is 28.2. The smallest absolute Gasteiger partial charge is 0.317 e. The second kappa shape index (κ2) is 15.8. The van der Waals surface area contributed by atoms with Crippen molar-refractivity contribution < 1.29 is 45.0 Å². The molecule has 9 N–H and O–H groups in total. The van der Waals surface area contributed by atoms with E-state index in [-0.39, 0.29) is 63.2 Å². The standard InChI is InChI=1S/C14H25N3O9.3ClH/c18-6(19)1-3-15-9-12(24)10(16-4-2-7(20)21)14(26)11(13(9)25)17-5-8(22)23;;;/h9-17,24-26H,1-5H2,(H,18,19)(H,20,21)(H,22,23);3*1H/t9-,10+,11-,12+,13-,14+;;;. The fraction of sp³-hybridized carbons (Fsp3) is 0.786. The molecule has 0 aromatic rings. The lowest BCUT2D eigenvalue weighted by molar-refractivity contribution is -0.139. The van der Waals surface area contributed by atoms with Gasteiger partial charge in [0.25, 0.3) is 0 Å². The van der Waals surface area contributed by atoms with Crippen LogP contribution < -0.4 is 16.0 Å².